The monoisotopic (exact) mass is 533 g/mol. The molecular weight excluding hydrogens is 460 g/mol. The van der Waals surface area contributed by atoms with Crippen LogP contribution in [0.2, 0.25) is 0 Å². The molecule has 1 nitrogen and oxygen atoms in total. The van der Waals surface area contributed by atoms with Crippen LogP contribution < -0.4 is 0 Å². The molecule has 0 saturated heterocycles. The molecule has 0 aromatic carbocycles. The van der Waals surface area contributed by atoms with Gasteiger partial charge in [-0.3, -0.25) is 0 Å². The van der Waals surface area contributed by atoms with Gasteiger partial charge in [0.05, 0.1) is 0 Å². The third-order valence-corrected chi connectivity index (χ3v) is 11.2. The summed E-state index contributed by atoms with van der Waals surface area (Å²) in [4.78, 5) is 0. The molecule has 2 fully saturated rings. The fourth-order valence-corrected chi connectivity index (χ4v) is 8.79. The Morgan fingerprint density at radius 2 is 1.53 bits per heavy atom. The van der Waals surface area contributed by atoms with Crippen LogP contribution in [0.25, 0.3) is 0 Å². The Kier molecular flexibility index (Phi) is 17.1. The highest BCUT2D eigenvalue weighted by molar-refractivity contribution is 5.23. The Hall–Kier alpha value is -0.300. The van der Waals surface area contributed by atoms with Gasteiger partial charge in [-0.25, -0.2) is 0 Å². The first kappa shape index (κ1) is 35.7. The SMILES string of the molecule is CC.CCCCCCCC1CCC2(C)C(=CCC3CCC(C(C)CCCC(C)C)C(C)(C)CCC32)C1.CO. The van der Waals surface area contributed by atoms with E-state index in [1.54, 1.807) is 0 Å². The average Bonchev–Trinajstić information content (AvgIpc) is 2.89. The van der Waals surface area contributed by atoms with Crippen LogP contribution in [0, 0.1) is 46.3 Å². The second kappa shape index (κ2) is 18.2. The van der Waals surface area contributed by atoms with Crippen LogP contribution in [-0.2, 0) is 0 Å². The van der Waals surface area contributed by atoms with E-state index >= 15 is 0 Å². The van der Waals surface area contributed by atoms with Gasteiger partial charge in [0.1, 0.15) is 0 Å². The van der Waals surface area contributed by atoms with Gasteiger partial charge in [0.15, 0.2) is 0 Å². The number of unbranched alkanes of at least 4 members (excludes halogenated alkanes) is 4. The number of allylic oxidation sites excluding steroid dienone is 2. The molecule has 38 heavy (non-hydrogen) atoms. The second-order valence-corrected chi connectivity index (χ2v) is 14.6. The van der Waals surface area contributed by atoms with Crippen LogP contribution in [0.15, 0.2) is 11.6 Å². The molecule has 6 unspecified atom stereocenters. The van der Waals surface area contributed by atoms with Crippen molar-refractivity contribution in [2.75, 3.05) is 7.11 Å². The molecule has 3 rings (SSSR count). The van der Waals surface area contributed by atoms with Gasteiger partial charge in [0.25, 0.3) is 0 Å². The third-order valence-electron chi connectivity index (χ3n) is 11.2. The number of rotatable bonds is 11. The molecule has 1 N–H and O–H groups in total. The molecule has 2 saturated carbocycles. The summed E-state index contributed by atoms with van der Waals surface area (Å²) in [6.45, 7) is 21.7. The van der Waals surface area contributed by atoms with Crippen molar-refractivity contribution in [3.05, 3.63) is 11.6 Å². The van der Waals surface area contributed by atoms with Crippen molar-refractivity contribution in [1.82, 2.24) is 0 Å². The Bertz CT molecular complexity index is 631. The largest absolute Gasteiger partial charge is 0.400 e. The third kappa shape index (κ3) is 10.3. The summed E-state index contributed by atoms with van der Waals surface area (Å²) in [6.07, 6.45) is 27.5. The van der Waals surface area contributed by atoms with E-state index in [1.807, 2.05) is 19.4 Å². The lowest BCUT2D eigenvalue weighted by atomic mass is 9.51. The van der Waals surface area contributed by atoms with Crippen molar-refractivity contribution < 1.29 is 5.11 Å². The molecule has 0 aromatic rings. The maximum atomic E-state index is 7.00. The molecule has 0 aromatic heterocycles. The van der Waals surface area contributed by atoms with E-state index in [1.165, 1.54) is 109 Å². The van der Waals surface area contributed by atoms with Crippen molar-refractivity contribution in [2.24, 2.45) is 46.3 Å². The lowest BCUT2D eigenvalue weighted by molar-refractivity contribution is 0.0184. The maximum Gasteiger partial charge on any atom is 0.0319 e. The molecule has 0 heterocycles. The zero-order valence-electron chi connectivity index (χ0n) is 28.0. The minimum absolute atomic E-state index is 0.510. The van der Waals surface area contributed by atoms with Crippen molar-refractivity contribution in [3.63, 3.8) is 0 Å². The number of aliphatic hydroxyl groups is 1. The van der Waals surface area contributed by atoms with Crippen LogP contribution >= 0.6 is 0 Å². The summed E-state index contributed by atoms with van der Waals surface area (Å²) >= 11 is 0. The maximum absolute atomic E-state index is 7.00. The standard InChI is InChI=1S/C34H62.C2H6.CH4O/c1-8-9-10-11-12-16-28-21-24-34(7)30(25-28)19-17-29-18-20-31(27(4)15-13-14-26(2)3)33(5,6)23-22-32(29)34;2*1-2/h19,26-29,31-32H,8-18,20-25H2,1-7H3;1-2H3;2H,1H3. The summed E-state index contributed by atoms with van der Waals surface area (Å²) in [5.74, 6) is 5.57. The number of hydrogen-bond acceptors (Lipinski definition) is 1. The Morgan fingerprint density at radius 3 is 2.18 bits per heavy atom. The van der Waals surface area contributed by atoms with Crippen LogP contribution in [0.3, 0.4) is 0 Å². The Labute approximate surface area is 241 Å². The molecule has 0 aliphatic heterocycles. The van der Waals surface area contributed by atoms with Gasteiger partial charge in [0.2, 0.25) is 0 Å². The first-order valence-electron chi connectivity index (χ1n) is 17.3. The van der Waals surface area contributed by atoms with Crippen LogP contribution in [-0.4, -0.2) is 12.2 Å². The second-order valence-electron chi connectivity index (χ2n) is 14.6. The van der Waals surface area contributed by atoms with Gasteiger partial charge >= 0.3 is 0 Å². The van der Waals surface area contributed by atoms with E-state index in [-0.39, 0.29) is 0 Å². The quantitative estimate of drug-likeness (QED) is 0.207. The lowest BCUT2D eigenvalue weighted by Gasteiger charge is -2.54. The van der Waals surface area contributed by atoms with Crippen molar-refractivity contribution in [3.8, 4) is 0 Å². The average molecular weight is 533 g/mol. The summed E-state index contributed by atoms with van der Waals surface area (Å²) in [6, 6.07) is 0. The van der Waals surface area contributed by atoms with Crippen LogP contribution in [0.5, 0.6) is 0 Å². The predicted octanol–water partition coefficient (Wildman–Crippen LogP) is 12.0. The zero-order valence-corrected chi connectivity index (χ0v) is 28.0. The molecule has 3 aliphatic carbocycles. The van der Waals surface area contributed by atoms with E-state index in [4.69, 9.17) is 5.11 Å². The topological polar surface area (TPSA) is 20.2 Å². The highest BCUT2D eigenvalue weighted by Crippen LogP contribution is 2.59. The van der Waals surface area contributed by atoms with Crippen molar-refractivity contribution in [1.29, 1.82) is 0 Å². The molecule has 0 bridgehead atoms. The van der Waals surface area contributed by atoms with Gasteiger partial charge in [-0.1, -0.05) is 132 Å². The van der Waals surface area contributed by atoms with E-state index in [2.05, 4.69) is 54.5 Å². The minimum Gasteiger partial charge on any atom is -0.400 e. The van der Waals surface area contributed by atoms with E-state index in [9.17, 15) is 0 Å². The fraction of sp³-hybridized carbons (Fsp3) is 0.946. The molecule has 6 atom stereocenters. The number of aliphatic hydroxyl groups excluding tert-OH is 1. The normalized spacial score (nSPS) is 31.2. The van der Waals surface area contributed by atoms with Gasteiger partial charge < -0.3 is 5.11 Å². The first-order chi connectivity index (χ1) is 18.2. The highest BCUT2D eigenvalue weighted by Gasteiger charge is 2.48. The lowest BCUT2D eigenvalue weighted by Crippen LogP contribution is -2.44. The fourth-order valence-electron chi connectivity index (χ4n) is 8.79. The predicted molar refractivity (Wildman–Crippen MR) is 172 cm³/mol. The van der Waals surface area contributed by atoms with Crippen molar-refractivity contribution >= 4 is 0 Å². The summed E-state index contributed by atoms with van der Waals surface area (Å²) in [7, 11) is 1.00. The Balaban J connectivity index is 0.00000172. The van der Waals surface area contributed by atoms with Gasteiger partial charge in [-0.2, -0.15) is 0 Å². The Morgan fingerprint density at radius 1 is 0.842 bits per heavy atom. The van der Waals surface area contributed by atoms with Gasteiger partial charge in [-0.05, 0) is 97.7 Å². The first-order valence-corrected chi connectivity index (χ1v) is 17.3. The van der Waals surface area contributed by atoms with E-state index in [0.29, 0.717) is 10.8 Å². The summed E-state index contributed by atoms with van der Waals surface area (Å²) in [5.41, 5.74) is 2.93. The highest BCUT2D eigenvalue weighted by atomic mass is 16.2. The van der Waals surface area contributed by atoms with Crippen LogP contribution in [0.4, 0.5) is 0 Å². The number of fused-ring (bicyclic) bond motifs is 3. The molecule has 3 aliphatic rings. The number of hydrogen-bond donors (Lipinski definition) is 1. The van der Waals surface area contributed by atoms with E-state index in [0.717, 1.165) is 42.6 Å². The van der Waals surface area contributed by atoms with E-state index < -0.39 is 0 Å². The van der Waals surface area contributed by atoms with Crippen molar-refractivity contribution in [2.45, 2.75) is 171 Å². The molecule has 1 heteroatoms. The molecule has 0 amide bonds. The van der Waals surface area contributed by atoms with Crippen LogP contribution in [0.1, 0.15) is 171 Å². The minimum atomic E-state index is 0.510. The summed E-state index contributed by atoms with van der Waals surface area (Å²) in [5, 5.41) is 7.00. The zero-order chi connectivity index (χ0) is 28.8. The smallest absolute Gasteiger partial charge is 0.0319 e. The molecule has 0 radical (unpaired) electrons. The molecule has 0 spiro atoms. The van der Waals surface area contributed by atoms with Gasteiger partial charge in [0, 0.05) is 7.11 Å². The summed E-state index contributed by atoms with van der Waals surface area (Å²) < 4.78 is 0. The molecule has 226 valence electrons. The molecular formula is C37H72O. The van der Waals surface area contributed by atoms with Gasteiger partial charge in [-0.15, -0.1) is 0 Å².